The maximum atomic E-state index is 10.5. The topological polar surface area (TPSA) is 63.8 Å². The number of amides is 1. The zero-order chi connectivity index (χ0) is 9.84. The smallest absolute Gasteiger partial charge is 0.217 e. The number of hydrogen-bond donors (Lipinski definition) is 2. The molecule has 13 heavy (non-hydrogen) atoms. The first-order chi connectivity index (χ1) is 6.11. The first-order valence-electron chi connectivity index (χ1n) is 4.14. The number of nitrogens with one attached hydrogen (secondary N) is 1. The number of rotatable bonds is 4. The van der Waals surface area contributed by atoms with E-state index in [1.54, 1.807) is 0 Å². The molecule has 0 saturated heterocycles. The van der Waals surface area contributed by atoms with Crippen LogP contribution < -0.4 is 5.73 Å². The van der Waals surface area contributed by atoms with E-state index in [2.05, 4.69) is 4.98 Å². The summed E-state index contributed by atoms with van der Waals surface area (Å²) in [5, 5.41) is 0. The molecule has 1 aromatic heterocycles. The number of hydrogen-bond acceptors (Lipinski definition) is 2. The van der Waals surface area contributed by atoms with Gasteiger partial charge in [-0.1, -0.05) is 0 Å². The number of imidazole rings is 1. The Morgan fingerprint density at radius 3 is 2.92 bits per heavy atom. The number of primary amides is 1. The first kappa shape index (κ1) is 9.98. The Kier molecular flexibility index (Phi) is 3.25. The second-order valence-electron chi connectivity index (χ2n) is 2.96. The maximum Gasteiger partial charge on any atom is 0.217 e. The lowest BCUT2D eigenvalue weighted by molar-refractivity contribution is -0.118. The largest absolute Gasteiger partial charge is 0.370 e. The molecule has 0 atom stereocenters. The molecule has 5 heteroatoms. The van der Waals surface area contributed by atoms with Crippen LogP contribution in [0.2, 0.25) is 0 Å². The van der Waals surface area contributed by atoms with Crippen LogP contribution in [-0.2, 0) is 11.3 Å². The third-order valence-corrected chi connectivity index (χ3v) is 2.22. The highest BCUT2D eigenvalue weighted by Gasteiger charge is 1.99. The average Bonchev–Trinajstić information content (AvgIpc) is 2.34. The summed E-state index contributed by atoms with van der Waals surface area (Å²) in [6.07, 6.45) is 3.00. The average molecular weight is 199 g/mol. The minimum Gasteiger partial charge on any atom is -0.370 e. The van der Waals surface area contributed by atoms with E-state index in [1.807, 2.05) is 17.7 Å². The zero-order valence-electron chi connectivity index (χ0n) is 7.54. The molecule has 72 valence electrons. The predicted octanol–water partition coefficient (Wildman–Crippen LogP) is 1.12. The van der Waals surface area contributed by atoms with Crippen molar-refractivity contribution < 1.29 is 4.79 Å². The van der Waals surface area contributed by atoms with Crippen LogP contribution in [0.1, 0.15) is 18.5 Å². The quantitative estimate of drug-likeness (QED) is 0.714. The molecule has 0 unspecified atom stereocenters. The third kappa shape index (κ3) is 2.69. The predicted molar refractivity (Wildman–Crippen MR) is 52.8 cm³/mol. The molecular formula is C8H13N3OS. The van der Waals surface area contributed by atoms with Crippen molar-refractivity contribution in [3.63, 3.8) is 0 Å². The Bertz CT molecular complexity index is 353. The lowest BCUT2D eigenvalue weighted by Crippen LogP contribution is -2.11. The molecule has 0 aliphatic heterocycles. The second-order valence-corrected chi connectivity index (χ2v) is 3.34. The molecule has 0 radical (unpaired) electrons. The van der Waals surface area contributed by atoms with Gasteiger partial charge in [0.05, 0.1) is 0 Å². The molecule has 0 aliphatic rings. The van der Waals surface area contributed by atoms with Gasteiger partial charge in [-0.3, -0.25) is 4.79 Å². The number of aryl methyl sites for hydroxylation is 1. The molecule has 0 spiro atoms. The van der Waals surface area contributed by atoms with Gasteiger partial charge in [0, 0.05) is 24.9 Å². The molecule has 1 amide bonds. The summed E-state index contributed by atoms with van der Waals surface area (Å²) in [5.74, 6) is -0.264. The van der Waals surface area contributed by atoms with E-state index in [0.29, 0.717) is 11.2 Å². The molecule has 0 saturated carbocycles. The minimum absolute atomic E-state index is 0.264. The molecule has 1 heterocycles. The molecule has 3 N–H and O–H groups in total. The summed E-state index contributed by atoms with van der Waals surface area (Å²) in [6, 6.07) is 0. The van der Waals surface area contributed by atoms with Gasteiger partial charge in [-0.25, -0.2) is 0 Å². The van der Waals surface area contributed by atoms with Crippen molar-refractivity contribution in [3.05, 3.63) is 16.7 Å². The number of nitrogens with zero attached hydrogens (tertiary/aromatic N) is 1. The van der Waals surface area contributed by atoms with Crippen molar-refractivity contribution in [2.75, 3.05) is 0 Å². The summed E-state index contributed by atoms with van der Waals surface area (Å²) < 4.78 is 2.65. The fraction of sp³-hybridized carbons (Fsp3) is 0.500. The van der Waals surface area contributed by atoms with E-state index in [4.69, 9.17) is 18.0 Å². The van der Waals surface area contributed by atoms with Crippen LogP contribution in [0.15, 0.2) is 6.20 Å². The van der Waals surface area contributed by atoms with E-state index in [-0.39, 0.29) is 5.91 Å². The molecule has 0 fully saturated rings. The molecule has 4 nitrogen and oxygen atoms in total. The van der Waals surface area contributed by atoms with Crippen LogP contribution in [-0.4, -0.2) is 15.5 Å². The van der Waals surface area contributed by atoms with Gasteiger partial charge in [-0.05, 0) is 25.6 Å². The molecular weight excluding hydrogens is 186 g/mol. The Labute approximate surface area is 81.8 Å². The number of nitrogens with two attached hydrogens (primary N) is 1. The number of H-pyrrole nitrogens is 1. The highest BCUT2D eigenvalue weighted by Crippen LogP contribution is 2.02. The SMILES string of the molecule is Cc1c[nH]c(=S)n1CCCC(N)=O. The highest BCUT2D eigenvalue weighted by molar-refractivity contribution is 7.71. The van der Waals surface area contributed by atoms with Gasteiger partial charge in [0.25, 0.3) is 0 Å². The summed E-state index contributed by atoms with van der Waals surface area (Å²) in [6.45, 7) is 2.72. The van der Waals surface area contributed by atoms with Crippen molar-refractivity contribution in [3.8, 4) is 0 Å². The van der Waals surface area contributed by atoms with Crippen molar-refractivity contribution in [2.45, 2.75) is 26.3 Å². The van der Waals surface area contributed by atoms with Gasteiger partial charge in [0.1, 0.15) is 0 Å². The summed E-state index contributed by atoms with van der Waals surface area (Å²) in [7, 11) is 0. The number of aromatic amines is 1. The zero-order valence-corrected chi connectivity index (χ0v) is 8.36. The Morgan fingerprint density at radius 2 is 2.46 bits per heavy atom. The van der Waals surface area contributed by atoms with Crippen LogP contribution in [0.5, 0.6) is 0 Å². The van der Waals surface area contributed by atoms with Crippen LogP contribution in [0.4, 0.5) is 0 Å². The van der Waals surface area contributed by atoms with Crippen LogP contribution in [0, 0.1) is 11.7 Å². The normalized spacial score (nSPS) is 10.2. The maximum absolute atomic E-state index is 10.5. The van der Waals surface area contributed by atoms with Gasteiger partial charge in [-0.2, -0.15) is 0 Å². The van der Waals surface area contributed by atoms with E-state index >= 15 is 0 Å². The number of aromatic nitrogens is 2. The standard InChI is InChI=1S/C8H13N3OS/c1-6-5-10-8(13)11(6)4-2-3-7(9)12/h5H,2-4H2,1H3,(H2,9,12)(H,10,13). The Hall–Kier alpha value is -1.10. The lowest BCUT2D eigenvalue weighted by Gasteiger charge is -2.02. The minimum atomic E-state index is -0.264. The fourth-order valence-corrected chi connectivity index (χ4v) is 1.47. The van der Waals surface area contributed by atoms with Crippen molar-refractivity contribution in [1.29, 1.82) is 0 Å². The van der Waals surface area contributed by atoms with Crippen LogP contribution in [0.25, 0.3) is 0 Å². The van der Waals surface area contributed by atoms with Gasteiger partial charge in [-0.15, -0.1) is 0 Å². The third-order valence-electron chi connectivity index (χ3n) is 1.88. The summed E-state index contributed by atoms with van der Waals surface area (Å²) in [4.78, 5) is 13.4. The van der Waals surface area contributed by atoms with Crippen LogP contribution in [0.3, 0.4) is 0 Å². The summed E-state index contributed by atoms with van der Waals surface area (Å²) >= 11 is 5.04. The number of carbonyl (C=O) groups excluding carboxylic acids is 1. The van der Waals surface area contributed by atoms with Gasteiger partial charge >= 0.3 is 0 Å². The molecule has 0 aromatic carbocycles. The van der Waals surface area contributed by atoms with E-state index in [9.17, 15) is 4.79 Å². The van der Waals surface area contributed by atoms with Gasteiger partial charge in [0.2, 0.25) is 5.91 Å². The van der Waals surface area contributed by atoms with E-state index in [0.717, 1.165) is 18.7 Å². The Balaban J connectivity index is 2.54. The molecule has 1 aromatic rings. The van der Waals surface area contributed by atoms with E-state index in [1.165, 1.54) is 0 Å². The monoisotopic (exact) mass is 199 g/mol. The van der Waals surface area contributed by atoms with Gasteiger partial charge < -0.3 is 15.3 Å². The molecule has 0 bridgehead atoms. The van der Waals surface area contributed by atoms with Crippen LogP contribution >= 0.6 is 12.2 Å². The summed E-state index contributed by atoms with van der Waals surface area (Å²) in [5.41, 5.74) is 6.10. The van der Waals surface area contributed by atoms with E-state index < -0.39 is 0 Å². The molecule has 0 aliphatic carbocycles. The van der Waals surface area contributed by atoms with Crippen molar-refractivity contribution in [1.82, 2.24) is 9.55 Å². The van der Waals surface area contributed by atoms with Gasteiger partial charge in [0.15, 0.2) is 4.77 Å². The fourth-order valence-electron chi connectivity index (χ4n) is 1.17. The number of carbonyl (C=O) groups is 1. The van der Waals surface area contributed by atoms with Crippen molar-refractivity contribution in [2.24, 2.45) is 5.73 Å². The first-order valence-corrected chi connectivity index (χ1v) is 4.55. The van der Waals surface area contributed by atoms with Crippen molar-refractivity contribution >= 4 is 18.1 Å². The molecule has 1 rings (SSSR count). The lowest BCUT2D eigenvalue weighted by atomic mass is 10.3. The highest BCUT2D eigenvalue weighted by atomic mass is 32.1. The second kappa shape index (κ2) is 4.23. The Morgan fingerprint density at radius 1 is 1.77 bits per heavy atom.